The first-order chi connectivity index (χ1) is 19.2. The van der Waals surface area contributed by atoms with E-state index in [0.29, 0.717) is 31.1 Å². The van der Waals surface area contributed by atoms with Gasteiger partial charge in [0, 0.05) is 43.4 Å². The second kappa shape index (κ2) is 13.1. The molecule has 0 aromatic carbocycles. The summed E-state index contributed by atoms with van der Waals surface area (Å²) in [6.07, 6.45) is 11.7. The summed E-state index contributed by atoms with van der Waals surface area (Å²) < 4.78 is 11.7. The van der Waals surface area contributed by atoms with Gasteiger partial charge in [-0.3, -0.25) is 31.4 Å². The maximum atomic E-state index is 13.9. The van der Waals surface area contributed by atoms with Crippen LogP contribution in [0.5, 0.6) is 0 Å². The predicted molar refractivity (Wildman–Crippen MR) is 151 cm³/mol. The number of piperidine rings is 1. The Balaban J connectivity index is 1.52. The summed E-state index contributed by atoms with van der Waals surface area (Å²) in [5.41, 5.74) is 10.1. The third-order valence-corrected chi connectivity index (χ3v) is 9.60. The van der Waals surface area contributed by atoms with Crippen molar-refractivity contribution < 1.29 is 34.2 Å². The molecule has 10 heteroatoms. The molecule has 0 aromatic heterocycles. The third-order valence-electron chi connectivity index (χ3n) is 9.60. The zero-order valence-corrected chi connectivity index (χ0v) is 24.6. The number of hydrogen-bond donors (Lipinski definition) is 5. The molecule has 10 nitrogen and oxygen atoms in total. The number of ether oxygens (including phenoxy) is 2. The fourth-order valence-electron chi connectivity index (χ4n) is 7.23. The molecule has 4 rings (SSSR count). The van der Waals surface area contributed by atoms with Gasteiger partial charge in [0.05, 0.1) is 26.2 Å². The number of rotatable bonds is 12. The van der Waals surface area contributed by atoms with Crippen LogP contribution < -0.4 is 27.1 Å². The standard InChI is InChI=1S/C30H49N5O5/c1-4-5-6-9-16-39-27(38)30-26(37)22-11-8-7-10-21(22)25(36)29(30,40-30)14-12-19(2)17-23(35-28(32)33-3)20-13-15-34-24(31)18-20/h12,20-24,34H,4-11,13-18,31H2,1-3H3,(H3,32,33,35)/p+2/t20?,21?,22?,23-,24?,29+,30+/m1/s1. The molecule has 8 N–H and O–H groups in total. The molecule has 2 saturated heterocycles. The molecule has 224 valence electrons. The Hall–Kier alpha value is -2.30. The summed E-state index contributed by atoms with van der Waals surface area (Å²) in [5.74, 6) is -1.00. The number of fused-ring (bicyclic) bond motifs is 2. The number of ketones is 2. The van der Waals surface area contributed by atoms with Gasteiger partial charge >= 0.3 is 11.9 Å². The number of hydrogen-bond acceptors (Lipinski definition) is 6. The maximum Gasteiger partial charge on any atom is 0.349 e. The first kappa shape index (κ1) is 30.7. The molecule has 4 fully saturated rings. The minimum atomic E-state index is -1.79. The number of esters is 1. The summed E-state index contributed by atoms with van der Waals surface area (Å²) in [7, 11) is 1.78. The lowest BCUT2D eigenvalue weighted by Crippen LogP contribution is -2.95. The van der Waals surface area contributed by atoms with Crippen LogP contribution in [-0.4, -0.2) is 67.1 Å². The summed E-state index contributed by atoms with van der Waals surface area (Å²) in [4.78, 5) is 44.2. The first-order valence-corrected chi connectivity index (χ1v) is 15.5. The second-order valence-corrected chi connectivity index (χ2v) is 12.4. The minimum absolute atomic E-state index is 0.0600. The number of quaternary nitrogens is 1. The van der Waals surface area contributed by atoms with E-state index in [1.165, 1.54) is 0 Å². The lowest BCUT2D eigenvalue weighted by Gasteiger charge is -2.36. The van der Waals surface area contributed by atoms with Gasteiger partial charge in [-0.1, -0.05) is 50.7 Å². The first-order valence-electron chi connectivity index (χ1n) is 15.5. The van der Waals surface area contributed by atoms with Crippen LogP contribution in [0.4, 0.5) is 0 Å². The number of carbonyl (C=O) groups excluding carboxylic acids is 3. The van der Waals surface area contributed by atoms with Crippen LogP contribution in [0.3, 0.4) is 0 Å². The van der Waals surface area contributed by atoms with Gasteiger partial charge in [0.2, 0.25) is 0 Å². The molecular weight excluding hydrogens is 510 g/mol. The van der Waals surface area contributed by atoms with Gasteiger partial charge in [0.25, 0.3) is 5.60 Å². The normalized spacial score (nSPS) is 35.0. The monoisotopic (exact) mass is 561 g/mol. The fourth-order valence-corrected chi connectivity index (χ4v) is 7.23. The number of carbonyl (C=O) groups is 3. The number of Topliss-reactive ketones (excluding diaryl/α,β-unsaturated/α-hetero) is 2. The highest BCUT2D eigenvalue weighted by Crippen LogP contribution is 2.61. The Kier molecular flexibility index (Phi) is 10.1. The van der Waals surface area contributed by atoms with Crippen LogP contribution in [0.25, 0.3) is 0 Å². The lowest BCUT2D eigenvalue weighted by molar-refractivity contribution is -0.699. The molecule has 0 spiro atoms. The highest BCUT2D eigenvalue weighted by atomic mass is 16.7. The molecule has 4 aliphatic rings. The van der Waals surface area contributed by atoms with Crippen LogP contribution in [-0.2, 0) is 23.9 Å². The molecule has 0 radical (unpaired) electrons. The zero-order valence-electron chi connectivity index (χ0n) is 24.6. The van der Waals surface area contributed by atoms with Crippen molar-refractivity contribution in [1.29, 1.82) is 0 Å². The maximum absolute atomic E-state index is 13.9. The molecule has 4 unspecified atom stereocenters. The van der Waals surface area contributed by atoms with Crippen LogP contribution >= 0.6 is 0 Å². The van der Waals surface area contributed by atoms with Crippen LogP contribution in [0.15, 0.2) is 11.6 Å². The van der Waals surface area contributed by atoms with E-state index < -0.39 is 23.1 Å². The fraction of sp³-hybridized carbons (Fsp3) is 0.800. The Morgan fingerprint density at radius 3 is 2.60 bits per heavy atom. The Morgan fingerprint density at radius 1 is 1.20 bits per heavy atom. The third kappa shape index (κ3) is 5.99. The van der Waals surface area contributed by atoms with Crippen molar-refractivity contribution >= 4 is 23.5 Å². The average molecular weight is 562 g/mol. The second-order valence-electron chi connectivity index (χ2n) is 12.4. The summed E-state index contributed by atoms with van der Waals surface area (Å²) in [6.45, 7) is 5.34. The number of nitrogens with two attached hydrogens (primary N) is 3. The molecule has 0 amide bonds. The summed E-state index contributed by atoms with van der Waals surface area (Å²) in [6, 6.07) is 0.0605. The number of nitrogens with one attached hydrogen (secondary N) is 2. The minimum Gasteiger partial charge on any atom is -0.463 e. The lowest BCUT2D eigenvalue weighted by atomic mass is 9.61. The predicted octanol–water partition coefficient (Wildman–Crippen LogP) is -0.456. The van der Waals surface area contributed by atoms with Crippen LogP contribution in [0, 0.1) is 17.8 Å². The zero-order chi connectivity index (χ0) is 28.9. The molecule has 0 bridgehead atoms. The van der Waals surface area contributed by atoms with Crippen molar-refractivity contribution in [1.82, 2.24) is 5.32 Å². The van der Waals surface area contributed by atoms with E-state index in [9.17, 15) is 14.4 Å². The summed E-state index contributed by atoms with van der Waals surface area (Å²) >= 11 is 0. The molecule has 2 aliphatic heterocycles. The average Bonchev–Trinajstić information content (AvgIpc) is 3.66. The number of unbranched alkanes of at least 4 members (excludes halogenated alkanes) is 3. The Morgan fingerprint density at radius 2 is 1.93 bits per heavy atom. The van der Waals surface area contributed by atoms with E-state index in [1.807, 2.05) is 13.0 Å². The van der Waals surface area contributed by atoms with E-state index in [0.717, 1.165) is 63.5 Å². The number of epoxide rings is 1. The molecular formula is C30H51N5O5+2. The van der Waals surface area contributed by atoms with Gasteiger partial charge in [0.1, 0.15) is 6.17 Å². The largest absolute Gasteiger partial charge is 0.463 e. The van der Waals surface area contributed by atoms with Gasteiger partial charge < -0.3 is 14.8 Å². The van der Waals surface area contributed by atoms with Crippen molar-refractivity contribution in [2.24, 2.45) is 29.2 Å². The number of guanidine groups is 1. The molecule has 2 saturated carbocycles. The van der Waals surface area contributed by atoms with E-state index in [2.05, 4.69) is 22.5 Å². The molecule has 2 heterocycles. The smallest absolute Gasteiger partial charge is 0.349 e. The van der Waals surface area contributed by atoms with E-state index in [-0.39, 0.29) is 42.7 Å². The molecule has 0 aromatic rings. The molecule has 40 heavy (non-hydrogen) atoms. The molecule has 2 aliphatic carbocycles. The van der Waals surface area contributed by atoms with Crippen molar-refractivity contribution in [2.75, 3.05) is 20.2 Å². The van der Waals surface area contributed by atoms with E-state index in [1.54, 1.807) is 7.05 Å². The van der Waals surface area contributed by atoms with Gasteiger partial charge in [0.15, 0.2) is 17.2 Å². The van der Waals surface area contributed by atoms with Crippen LogP contribution in [0.2, 0.25) is 0 Å². The highest BCUT2D eigenvalue weighted by Gasteiger charge is 2.86. The van der Waals surface area contributed by atoms with Gasteiger partial charge in [-0.05, 0) is 26.2 Å². The van der Waals surface area contributed by atoms with Crippen molar-refractivity contribution in [3.63, 3.8) is 0 Å². The van der Waals surface area contributed by atoms with Gasteiger partial charge in [-0.2, -0.15) is 0 Å². The highest BCUT2D eigenvalue weighted by molar-refractivity contribution is 6.23. The molecule has 7 atom stereocenters. The Bertz CT molecular complexity index is 1010. The Labute approximate surface area is 238 Å². The van der Waals surface area contributed by atoms with E-state index in [4.69, 9.17) is 20.9 Å². The van der Waals surface area contributed by atoms with Crippen LogP contribution in [0.1, 0.15) is 90.9 Å². The van der Waals surface area contributed by atoms with Crippen molar-refractivity contribution in [3.8, 4) is 0 Å². The van der Waals surface area contributed by atoms with Gasteiger partial charge in [-0.25, -0.2) is 4.79 Å². The van der Waals surface area contributed by atoms with Gasteiger partial charge in [-0.15, -0.1) is 0 Å². The topological polar surface area (TPSA) is 168 Å². The summed E-state index contributed by atoms with van der Waals surface area (Å²) in [5, 5.41) is 5.57. The van der Waals surface area contributed by atoms with Crippen molar-refractivity contribution in [3.05, 3.63) is 11.6 Å². The van der Waals surface area contributed by atoms with Crippen molar-refractivity contribution in [2.45, 2.75) is 114 Å². The van der Waals surface area contributed by atoms with E-state index >= 15 is 0 Å². The SMILES string of the molecule is CCCCCCOC(=O)[C@]12O[C@@]1(CC=C(C)C[C@@H](NC(N)=[NH+]C)C1CC[NH2+]C(N)C1)C(=O)C1CCCCC1C2=O. The quantitative estimate of drug-likeness (QED) is 0.0406.